The standard InChI is InChI=1S/C13H15N3O3/c1-18-13(17)9-5-6-11-14-15-12(16(11)8-9)10-4-2-3-7-19-10/h5-6,8,10H,2-4,7H2,1H3. The molecular formula is C13H15N3O3. The third-order valence-corrected chi connectivity index (χ3v) is 3.32. The van der Waals surface area contributed by atoms with Gasteiger partial charge in [-0.15, -0.1) is 10.2 Å². The second kappa shape index (κ2) is 4.97. The first-order chi connectivity index (χ1) is 9.29. The van der Waals surface area contributed by atoms with Gasteiger partial charge >= 0.3 is 5.97 Å². The Balaban J connectivity index is 2.02. The van der Waals surface area contributed by atoms with Crippen LogP contribution in [0.5, 0.6) is 0 Å². The molecule has 3 rings (SSSR count). The predicted octanol–water partition coefficient (Wildman–Crippen LogP) is 1.76. The molecule has 1 aliphatic rings. The molecule has 1 unspecified atom stereocenters. The summed E-state index contributed by atoms with van der Waals surface area (Å²) in [6.45, 7) is 0.746. The third kappa shape index (κ3) is 2.19. The number of ether oxygens (including phenoxy) is 2. The Morgan fingerprint density at radius 1 is 1.42 bits per heavy atom. The third-order valence-electron chi connectivity index (χ3n) is 3.32. The van der Waals surface area contributed by atoms with Crippen LogP contribution in [0.1, 0.15) is 41.5 Å². The number of nitrogens with zero attached hydrogens (tertiary/aromatic N) is 3. The second-order valence-corrected chi connectivity index (χ2v) is 4.55. The monoisotopic (exact) mass is 261 g/mol. The largest absolute Gasteiger partial charge is 0.465 e. The molecule has 0 amide bonds. The Bertz CT molecular complexity index is 602. The van der Waals surface area contributed by atoms with Crippen LogP contribution in [0, 0.1) is 0 Å². The van der Waals surface area contributed by atoms with Gasteiger partial charge in [0.2, 0.25) is 0 Å². The smallest absolute Gasteiger partial charge is 0.339 e. The Hall–Kier alpha value is -1.95. The van der Waals surface area contributed by atoms with E-state index in [0.717, 1.165) is 31.7 Å². The topological polar surface area (TPSA) is 65.7 Å². The number of esters is 1. The SMILES string of the molecule is COC(=O)c1ccc2nnc(C3CCCCO3)n2c1. The zero-order valence-corrected chi connectivity index (χ0v) is 10.7. The van der Waals surface area contributed by atoms with Crippen LogP contribution >= 0.6 is 0 Å². The molecule has 0 radical (unpaired) electrons. The summed E-state index contributed by atoms with van der Waals surface area (Å²) < 4.78 is 12.2. The van der Waals surface area contributed by atoms with E-state index in [-0.39, 0.29) is 12.1 Å². The number of carbonyl (C=O) groups excluding carboxylic acids is 1. The molecule has 100 valence electrons. The maximum Gasteiger partial charge on any atom is 0.339 e. The van der Waals surface area contributed by atoms with Crippen LogP contribution in [-0.4, -0.2) is 34.3 Å². The van der Waals surface area contributed by atoms with E-state index in [1.165, 1.54) is 7.11 Å². The summed E-state index contributed by atoms with van der Waals surface area (Å²) in [6.07, 6.45) is 4.80. The number of carbonyl (C=O) groups is 1. The van der Waals surface area contributed by atoms with Gasteiger partial charge in [0.1, 0.15) is 6.10 Å². The first-order valence-electron chi connectivity index (χ1n) is 6.34. The van der Waals surface area contributed by atoms with Crippen LogP contribution in [-0.2, 0) is 9.47 Å². The zero-order valence-electron chi connectivity index (χ0n) is 10.7. The van der Waals surface area contributed by atoms with Gasteiger partial charge < -0.3 is 9.47 Å². The highest BCUT2D eigenvalue weighted by Gasteiger charge is 2.22. The van der Waals surface area contributed by atoms with Gasteiger partial charge in [0.15, 0.2) is 11.5 Å². The van der Waals surface area contributed by atoms with E-state index in [0.29, 0.717) is 11.2 Å². The van der Waals surface area contributed by atoms with Gasteiger partial charge in [0, 0.05) is 12.8 Å². The molecule has 3 heterocycles. The molecule has 0 aliphatic carbocycles. The number of rotatable bonds is 2. The maximum atomic E-state index is 11.6. The molecule has 2 aromatic rings. The average Bonchev–Trinajstić information content (AvgIpc) is 2.90. The average molecular weight is 261 g/mol. The highest BCUT2D eigenvalue weighted by Crippen LogP contribution is 2.26. The molecule has 2 aromatic heterocycles. The van der Waals surface area contributed by atoms with Gasteiger partial charge in [-0.25, -0.2) is 4.79 Å². The van der Waals surface area contributed by atoms with Crippen molar-refractivity contribution in [3.63, 3.8) is 0 Å². The Labute approximate surface area is 110 Å². The maximum absolute atomic E-state index is 11.6. The molecule has 0 aromatic carbocycles. The van der Waals surface area contributed by atoms with Gasteiger partial charge in [-0.2, -0.15) is 0 Å². The Morgan fingerprint density at radius 3 is 3.05 bits per heavy atom. The molecule has 1 atom stereocenters. The van der Waals surface area contributed by atoms with E-state index in [1.807, 2.05) is 4.40 Å². The van der Waals surface area contributed by atoms with Crippen LogP contribution in [0.25, 0.3) is 5.65 Å². The van der Waals surface area contributed by atoms with E-state index in [9.17, 15) is 4.79 Å². The second-order valence-electron chi connectivity index (χ2n) is 4.55. The molecule has 0 bridgehead atoms. The Morgan fingerprint density at radius 2 is 2.32 bits per heavy atom. The summed E-state index contributed by atoms with van der Waals surface area (Å²) >= 11 is 0. The van der Waals surface area contributed by atoms with Crippen molar-refractivity contribution >= 4 is 11.6 Å². The summed E-state index contributed by atoms with van der Waals surface area (Å²) in [5, 5.41) is 8.28. The van der Waals surface area contributed by atoms with Crippen molar-refractivity contribution in [1.82, 2.24) is 14.6 Å². The van der Waals surface area contributed by atoms with Crippen molar-refractivity contribution < 1.29 is 14.3 Å². The van der Waals surface area contributed by atoms with E-state index in [4.69, 9.17) is 9.47 Å². The fourth-order valence-electron chi connectivity index (χ4n) is 2.31. The van der Waals surface area contributed by atoms with Gasteiger partial charge in [0.25, 0.3) is 0 Å². The number of aromatic nitrogens is 3. The van der Waals surface area contributed by atoms with E-state index < -0.39 is 0 Å². The lowest BCUT2D eigenvalue weighted by atomic mass is 10.1. The molecule has 1 fully saturated rings. The minimum absolute atomic E-state index is 0.0448. The van der Waals surface area contributed by atoms with Crippen molar-refractivity contribution in [2.45, 2.75) is 25.4 Å². The van der Waals surface area contributed by atoms with Crippen molar-refractivity contribution in [3.8, 4) is 0 Å². The lowest BCUT2D eigenvalue weighted by Gasteiger charge is -2.20. The molecule has 1 aliphatic heterocycles. The van der Waals surface area contributed by atoms with Crippen LogP contribution in [0.2, 0.25) is 0 Å². The quantitative estimate of drug-likeness (QED) is 0.771. The normalized spacial score (nSPS) is 19.5. The summed E-state index contributed by atoms with van der Waals surface area (Å²) in [7, 11) is 1.36. The molecular weight excluding hydrogens is 246 g/mol. The van der Waals surface area contributed by atoms with Gasteiger partial charge in [-0.3, -0.25) is 4.40 Å². The van der Waals surface area contributed by atoms with Crippen LogP contribution in [0.4, 0.5) is 0 Å². The molecule has 19 heavy (non-hydrogen) atoms. The minimum atomic E-state index is -0.369. The molecule has 6 nitrogen and oxygen atoms in total. The van der Waals surface area contributed by atoms with Gasteiger partial charge in [-0.1, -0.05) is 0 Å². The molecule has 1 saturated heterocycles. The van der Waals surface area contributed by atoms with Crippen molar-refractivity contribution in [1.29, 1.82) is 0 Å². The van der Waals surface area contributed by atoms with Crippen molar-refractivity contribution in [3.05, 3.63) is 29.7 Å². The first kappa shape index (κ1) is 12.1. The number of hydrogen-bond acceptors (Lipinski definition) is 5. The summed E-state index contributed by atoms with van der Waals surface area (Å²) in [4.78, 5) is 11.6. The molecule has 6 heteroatoms. The number of fused-ring (bicyclic) bond motifs is 1. The van der Waals surface area contributed by atoms with E-state index in [1.54, 1.807) is 18.3 Å². The van der Waals surface area contributed by atoms with Crippen LogP contribution in [0.15, 0.2) is 18.3 Å². The molecule has 0 saturated carbocycles. The van der Waals surface area contributed by atoms with Crippen LogP contribution < -0.4 is 0 Å². The van der Waals surface area contributed by atoms with E-state index >= 15 is 0 Å². The number of pyridine rings is 1. The molecule has 0 spiro atoms. The highest BCUT2D eigenvalue weighted by atomic mass is 16.5. The van der Waals surface area contributed by atoms with Gasteiger partial charge in [-0.05, 0) is 31.4 Å². The summed E-state index contributed by atoms with van der Waals surface area (Å²) in [5.74, 6) is 0.381. The molecule has 0 N–H and O–H groups in total. The lowest BCUT2D eigenvalue weighted by Crippen LogP contribution is -2.14. The van der Waals surface area contributed by atoms with Crippen molar-refractivity contribution in [2.24, 2.45) is 0 Å². The number of hydrogen-bond donors (Lipinski definition) is 0. The van der Waals surface area contributed by atoms with E-state index in [2.05, 4.69) is 10.2 Å². The zero-order chi connectivity index (χ0) is 13.2. The van der Waals surface area contributed by atoms with Crippen LogP contribution in [0.3, 0.4) is 0 Å². The summed E-state index contributed by atoms with van der Waals surface area (Å²) in [5.41, 5.74) is 1.18. The fraction of sp³-hybridized carbons (Fsp3) is 0.462. The first-order valence-corrected chi connectivity index (χ1v) is 6.34. The highest BCUT2D eigenvalue weighted by molar-refractivity contribution is 5.89. The van der Waals surface area contributed by atoms with Gasteiger partial charge in [0.05, 0.1) is 12.7 Å². The fourth-order valence-corrected chi connectivity index (χ4v) is 2.31. The number of methoxy groups -OCH3 is 1. The summed E-state index contributed by atoms with van der Waals surface area (Å²) in [6, 6.07) is 3.44. The predicted molar refractivity (Wildman–Crippen MR) is 66.9 cm³/mol. The van der Waals surface area contributed by atoms with Crippen molar-refractivity contribution in [2.75, 3.05) is 13.7 Å². The minimum Gasteiger partial charge on any atom is -0.465 e. The Kier molecular flexibility index (Phi) is 3.16. The lowest BCUT2D eigenvalue weighted by molar-refractivity contribution is 0.00883.